The van der Waals surface area contributed by atoms with Crippen molar-refractivity contribution in [3.8, 4) is 0 Å². The number of carbonyl (C=O) groups is 1. The SMILES string of the molecule is C[C@H](NC(=O)C[NH+](C)Cc1ccccc1)c1ccc(Cl)cc1Cl. The standard InChI is InChI=1S/C18H20Cl2N2O/c1-13(16-9-8-15(19)10-17(16)20)21-18(23)12-22(2)11-14-6-4-3-5-7-14/h3-10,13H,11-12H2,1-2H3,(H,21,23)/p+1/t13-/m0/s1. The van der Waals surface area contributed by atoms with Gasteiger partial charge in [0.1, 0.15) is 6.54 Å². The van der Waals surface area contributed by atoms with Crippen LogP contribution in [0.2, 0.25) is 10.0 Å². The summed E-state index contributed by atoms with van der Waals surface area (Å²) in [4.78, 5) is 13.3. The van der Waals surface area contributed by atoms with Crippen LogP contribution in [0.15, 0.2) is 48.5 Å². The lowest BCUT2D eigenvalue weighted by molar-refractivity contribution is -0.885. The summed E-state index contributed by atoms with van der Waals surface area (Å²) in [6.45, 7) is 3.13. The van der Waals surface area contributed by atoms with Crippen molar-refractivity contribution in [2.45, 2.75) is 19.5 Å². The minimum absolute atomic E-state index is 0.00283. The van der Waals surface area contributed by atoms with Crippen molar-refractivity contribution in [2.24, 2.45) is 0 Å². The van der Waals surface area contributed by atoms with Crippen molar-refractivity contribution in [2.75, 3.05) is 13.6 Å². The van der Waals surface area contributed by atoms with Gasteiger partial charge in [-0.15, -0.1) is 0 Å². The quantitative estimate of drug-likeness (QED) is 0.824. The molecule has 0 aromatic heterocycles. The average molecular weight is 352 g/mol. The highest BCUT2D eigenvalue weighted by Gasteiger charge is 2.16. The summed E-state index contributed by atoms with van der Waals surface area (Å²) in [6, 6.07) is 15.3. The van der Waals surface area contributed by atoms with Crippen LogP contribution in [0.25, 0.3) is 0 Å². The van der Waals surface area contributed by atoms with Crippen LogP contribution in [0, 0.1) is 0 Å². The van der Waals surface area contributed by atoms with Crippen LogP contribution < -0.4 is 10.2 Å². The third-order valence-electron chi connectivity index (χ3n) is 3.62. The first-order chi connectivity index (χ1) is 11.0. The van der Waals surface area contributed by atoms with Gasteiger partial charge in [0, 0.05) is 15.6 Å². The van der Waals surface area contributed by atoms with Crippen molar-refractivity contribution in [3.63, 3.8) is 0 Å². The second-order valence-electron chi connectivity index (χ2n) is 5.75. The molecule has 23 heavy (non-hydrogen) atoms. The summed E-state index contributed by atoms with van der Waals surface area (Å²) < 4.78 is 0. The number of carbonyl (C=O) groups excluding carboxylic acids is 1. The third-order valence-corrected chi connectivity index (χ3v) is 4.18. The van der Waals surface area contributed by atoms with E-state index in [1.54, 1.807) is 12.1 Å². The molecule has 2 N–H and O–H groups in total. The van der Waals surface area contributed by atoms with E-state index in [0.29, 0.717) is 16.6 Å². The second-order valence-corrected chi connectivity index (χ2v) is 6.59. The molecule has 0 heterocycles. The van der Waals surface area contributed by atoms with Crippen molar-refractivity contribution >= 4 is 29.1 Å². The van der Waals surface area contributed by atoms with Gasteiger partial charge in [-0.3, -0.25) is 4.79 Å². The first-order valence-corrected chi connectivity index (χ1v) is 8.31. The number of hydrogen-bond acceptors (Lipinski definition) is 1. The van der Waals surface area contributed by atoms with E-state index < -0.39 is 0 Å². The van der Waals surface area contributed by atoms with Gasteiger partial charge >= 0.3 is 0 Å². The van der Waals surface area contributed by atoms with Gasteiger partial charge in [-0.25, -0.2) is 0 Å². The maximum atomic E-state index is 12.2. The topological polar surface area (TPSA) is 33.5 Å². The third kappa shape index (κ3) is 5.54. The van der Waals surface area contributed by atoms with E-state index >= 15 is 0 Å². The minimum atomic E-state index is -0.156. The summed E-state index contributed by atoms with van der Waals surface area (Å²) in [5, 5.41) is 4.14. The van der Waals surface area contributed by atoms with Gasteiger partial charge in [0.05, 0.1) is 13.1 Å². The van der Waals surface area contributed by atoms with Crippen LogP contribution >= 0.6 is 23.2 Å². The Balaban J connectivity index is 1.88. The molecule has 0 radical (unpaired) electrons. The van der Waals surface area contributed by atoms with Crippen molar-refractivity contribution < 1.29 is 9.69 Å². The molecule has 1 amide bonds. The molecule has 0 bridgehead atoms. The Kier molecular flexibility index (Phi) is 6.46. The summed E-state index contributed by atoms with van der Waals surface area (Å²) in [5.41, 5.74) is 2.08. The van der Waals surface area contributed by atoms with E-state index in [1.807, 2.05) is 38.2 Å². The van der Waals surface area contributed by atoms with Gasteiger partial charge in [-0.2, -0.15) is 0 Å². The Bertz CT molecular complexity index is 661. The zero-order valence-electron chi connectivity index (χ0n) is 13.3. The van der Waals surface area contributed by atoms with Gasteiger partial charge in [-0.05, 0) is 24.6 Å². The second kappa shape index (κ2) is 8.34. The predicted octanol–water partition coefficient (Wildman–Crippen LogP) is 2.89. The monoisotopic (exact) mass is 351 g/mol. The van der Waals surface area contributed by atoms with E-state index in [1.165, 1.54) is 5.56 Å². The van der Waals surface area contributed by atoms with Crippen LogP contribution in [-0.4, -0.2) is 19.5 Å². The molecule has 0 aliphatic heterocycles. The lowest BCUT2D eigenvalue weighted by atomic mass is 10.1. The maximum absolute atomic E-state index is 12.2. The highest BCUT2D eigenvalue weighted by Crippen LogP contribution is 2.25. The molecular weight excluding hydrogens is 331 g/mol. The number of nitrogens with one attached hydrogen (secondary N) is 2. The van der Waals surface area contributed by atoms with Gasteiger partial charge < -0.3 is 10.2 Å². The number of hydrogen-bond donors (Lipinski definition) is 2. The van der Waals surface area contributed by atoms with E-state index in [4.69, 9.17) is 23.2 Å². The van der Waals surface area contributed by atoms with Crippen molar-refractivity contribution in [1.29, 1.82) is 0 Å². The van der Waals surface area contributed by atoms with Crippen LogP contribution in [-0.2, 0) is 11.3 Å². The molecule has 2 rings (SSSR count). The molecule has 5 heteroatoms. The molecule has 1 unspecified atom stereocenters. The van der Waals surface area contributed by atoms with Crippen molar-refractivity contribution in [3.05, 3.63) is 69.7 Å². The lowest BCUT2D eigenvalue weighted by Crippen LogP contribution is -3.08. The number of amides is 1. The fraction of sp³-hybridized carbons (Fsp3) is 0.278. The molecule has 0 aliphatic carbocycles. The summed E-state index contributed by atoms with van der Waals surface area (Å²) >= 11 is 12.1. The Morgan fingerprint density at radius 3 is 2.52 bits per heavy atom. The molecule has 0 saturated carbocycles. The van der Waals surface area contributed by atoms with Gasteiger partial charge in [0.25, 0.3) is 5.91 Å². The Labute approximate surface area is 147 Å². The van der Waals surface area contributed by atoms with E-state index in [9.17, 15) is 4.79 Å². The fourth-order valence-corrected chi connectivity index (χ4v) is 3.08. The zero-order chi connectivity index (χ0) is 16.8. The molecule has 0 aliphatic rings. The number of halogens is 2. The Hall–Kier alpha value is -1.55. The number of benzene rings is 2. The number of likely N-dealkylation sites (N-methyl/N-ethyl adjacent to an activating group) is 1. The maximum Gasteiger partial charge on any atom is 0.275 e. The summed E-state index contributed by atoms with van der Waals surface area (Å²) in [7, 11) is 2.01. The summed E-state index contributed by atoms with van der Waals surface area (Å²) in [6.07, 6.45) is 0. The smallest absolute Gasteiger partial charge is 0.275 e. The lowest BCUT2D eigenvalue weighted by Gasteiger charge is -2.18. The molecule has 0 saturated heterocycles. The van der Waals surface area contributed by atoms with Gasteiger partial charge in [0.2, 0.25) is 0 Å². The molecule has 3 nitrogen and oxygen atoms in total. The average Bonchev–Trinajstić information content (AvgIpc) is 2.47. The van der Waals surface area contributed by atoms with Gasteiger partial charge in [-0.1, -0.05) is 59.6 Å². The molecular formula is C18H21Cl2N2O+. The molecule has 2 atom stereocenters. The minimum Gasteiger partial charge on any atom is -0.345 e. The number of rotatable bonds is 6. The molecule has 0 fully saturated rings. The number of quaternary nitrogens is 1. The zero-order valence-corrected chi connectivity index (χ0v) is 14.8. The van der Waals surface area contributed by atoms with Crippen molar-refractivity contribution in [1.82, 2.24) is 5.32 Å². The summed E-state index contributed by atoms with van der Waals surface area (Å²) in [5.74, 6) is -0.00283. The first-order valence-electron chi connectivity index (χ1n) is 7.55. The largest absolute Gasteiger partial charge is 0.345 e. The van der Waals surface area contributed by atoms with Crippen LogP contribution in [0.3, 0.4) is 0 Å². The predicted molar refractivity (Wildman–Crippen MR) is 94.9 cm³/mol. The van der Waals surface area contributed by atoms with E-state index in [0.717, 1.165) is 17.0 Å². The molecule has 2 aromatic carbocycles. The fourth-order valence-electron chi connectivity index (χ4n) is 2.50. The van der Waals surface area contributed by atoms with Crippen LogP contribution in [0.4, 0.5) is 0 Å². The van der Waals surface area contributed by atoms with Gasteiger partial charge in [0.15, 0.2) is 6.54 Å². The van der Waals surface area contributed by atoms with Crippen LogP contribution in [0.5, 0.6) is 0 Å². The van der Waals surface area contributed by atoms with Crippen LogP contribution in [0.1, 0.15) is 24.1 Å². The highest BCUT2D eigenvalue weighted by molar-refractivity contribution is 6.35. The van der Waals surface area contributed by atoms with E-state index in [2.05, 4.69) is 17.4 Å². The Morgan fingerprint density at radius 2 is 1.87 bits per heavy atom. The molecule has 0 spiro atoms. The van der Waals surface area contributed by atoms with E-state index in [-0.39, 0.29) is 11.9 Å². The Morgan fingerprint density at radius 1 is 1.17 bits per heavy atom. The highest BCUT2D eigenvalue weighted by atomic mass is 35.5. The molecule has 122 valence electrons. The first kappa shape index (κ1) is 17.8. The molecule has 2 aromatic rings. The normalized spacial score (nSPS) is 13.4.